The summed E-state index contributed by atoms with van der Waals surface area (Å²) in [5.74, 6) is 1.40. The number of para-hydroxylation sites is 1. The summed E-state index contributed by atoms with van der Waals surface area (Å²) in [6, 6.07) is 18.1. The Morgan fingerprint density at radius 1 is 1.06 bits per heavy atom. The molecule has 1 amide bonds. The Morgan fingerprint density at radius 3 is 2.47 bits per heavy atom. The average Bonchev–Trinajstić information content (AvgIpc) is 3.60. The van der Waals surface area contributed by atoms with Gasteiger partial charge in [0.05, 0.1) is 24.2 Å². The molecule has 0 spiro atoms. The van der Waals surface area contributed by atoms with Crippen LogP contribution in [0.4, 0.5) is 11.4 Å². The van der Waals surface area contributed by atoms with Crippen LogP contribution >= 0.6 is 11.8 Å². The Kier molecular flexibility index (Phi) is 6.14. The zero-order valence-corrected chi connectivity index (χ0v) is 18.9. The van der Waals surface area contributed by atoms with Gasteiger partial charge in [-0.3, -0.25) is 4.79 Å². The van der Waals surface area contributed by atoms with Gasteiger partial charge in [-0.2, -0.15) is 0 Å². The van der Waals surface area contributed by atoms with Crippen LogP contribution in [0.25, 0.3) is 5.69 Å². The number of carbonyl (C=O) groups excluding carboxylic acids is 1. The van der Waals surface area contributed by atoms with Gasteiger partial charge in [0.1, 0.15) is 5.82 Å². The molecule has 1 saturated carbocycles. The number of morpholine rings is 1. The van der Waals surface area contributed by atoms with Crippen LogP contribution in [0.15, 0.2) is 59.8 Å². The van der Waals surface area contributed by atoms with Crippen LogP contribution in [0.3, 0.4) is 0 Å². The molecule has 1 saturated heterocycles. The molecule has 1 atom stereocenters. The summed E-state index contributed by atoms with van der Waals surface area (Å²) in [7, 11) is 0. The lowest BCUT2D eigenvalue weighted by Crippen LogP contribution is -2.36. The van der Waals surface area contributed by atoms with E-state index in [-0.39, 0.29) is 11.2 Å². The fraction of sp³-hybridized carbons (Fsp3) is 0.375. The van der Waals surface area contributed by atoms with E-state index < -0.39 is 0 Å². The van der Waals surface area contributed by atoms with Gasteiger partial charge in [-0.15, -0.1) is 5.10 Å². The molecule has 2 fully saturated rings. The van der Waals surface area contributed by atoms with Crippen molar-refractivity contribution in [2.45, 2.75) is 36.1 Å². The molecule has 0 radical (unpaired) electrons. The van der Waals surface area contributed by atoms with Gasteiger partial charge in [-0.1, -0.05) is 30.0 Å². The summed E-state index contributed by atoms with van der Waals surface area (Å²) in [5, 5.41) is 8.05. The Balaban J connectivity index is 1.23. The predicted molar refractivity (Wildman–Crippen MR) is 127 cm³/mol. The highest BCUT2D eigenvalue weighted by Gasteiger charge is 2.31. The van der Waals surface area contributed by atoms with E-state index >= 15 is 0 Å². The van der Waals surface area contributed by atoms with Gasteiger partial charge in [0.25, 0.3) is 0 Å². The molecule has 1 aliphatic heterocycles. The number of hydrogen-bond acceptors (Lipinski definition) is 6. The minimum atomic E-state index is -0.312. The monoisotopic (exact) mass is 449 g/mol. The van der Waals surface area contributed by atoms with Crippen molar-refractivity contribution < 1.29 is 9.53 Å². The summed E-state index contributed by atoms with van der Waals surface area (Å²) >= 11 is 1.39. The van der Waals surface area contributed by atoms with Crippen LogP contribution in [0.2, 0.25) is 0 Å². The van der Waals surface area contributed by atoms with Crippen LogP contribution in [-0.2, 0) is 9.53 Å². The van der Waals surface area contributed by atoms with Crippen LogP contribution in [-0.4, -0.2) is 52.2 Å². The quantitative estimate of drug-likeness (QED) is 0.548. The predicted octanol–water partition coefficient (Wildman–Crippen LogP) is 4.10. The number of nitrogens with zero attached hydrogens (tertiary/aromatic N) is 4. The van der Waals surface area contributed by atoms with E-state index in [0.29, 0.717) is 11.1 Å². The summed E-state index contributed by atoms with van der Waals surface area (Å²) < 4.78 is 7.34. The highest BCUT2D eigenvalue weighted by molar-refractivity contribution is 8.00. The number of aromatic nitrogens is 3. The van der Waals surface area contributed by atoms with Gasteiger partial charge < -0.3 is 15.0 Å². The molecule has 0 unspecified atom stereocenters. The number of rotatable bonds is 7. The van der Waals surface area contributed by atoms with Gasteiger partial charge in [-0.05, 0) is 56.2 Å². The Morgan fingerprint density at radius 2 is 1.78 bits per heavy atom. The third kappa shape index (κ3) is 4.81. The van der Waals surface area contributed by atoms with E-state index in [0.717, 1.165) is 62.0 Å². The molecular formula is C24H27N5O2S. The van der Waals surface area contributed by atoms with Crippen molar-refractivity contribution >= 4 is 29.0 Å². The fourth-order valence-electron chi connectivity index (χ4n) is 3.75. The third-order valence-electron chi connectivity index (χ3n) is 5.72. The van der Waals surface area contributed by atoms with Crippen molar-refractivity contribution in [2.75, 3.05) is 36.5 Å². The first-order valence-corrected chi connectivity index (χ1v) is 12.0. The number of carbonyl (C=O) groups is 1. The molecule has 2 aliphatic rings. The van der Waals surface area contributed by atoms with E-state index in [2.05, 4.69) is 10.2 Å². The Labute approximate surface area is 192 Å². The van der Waals surface area contributed by atoms with Crippen LogP contribution in [0.5, 0.6) is 0 Å². The molecule has 32 heavy (non-hydrogen) atoms. The lowest BCUT2D eigenvalue weighted by atomic mass is 10.2. The minimum absolute atomic E-state index is 0.0573. The molecular weight excluding hydrogens is 422 g/mol. The van der Waals surface area contributed by atoms with E-state index in [9.17, 15) is 4.79 Å². The molecule has 8 heteroatoms. The van der Waals surface area contributed by atoms with Crippen molar-refractivity contribution in [1.82, 2.24) is 14.8 Å². The van der Waals surface area contributed by atoms with Crippen LogP contribution < -0.4 is 10.2 Å². The maximum absolute atomic E-state index is 12.8. The van der Waals surface area contributed by atoms with Gasteiger partial charge in [-0.25, -0.2) is 9.67 Å². The highest BCUT2D eigenvalue weighted by atomic mass is 32.2. The molecule has 7 nitrogen and oxygen atoms in total. The summed E-state index contributed by atoms with van der Waals surface area (Å²) in [5.41, 5.74) is 2.95. The maximum atomic E-state index is 12.8. The standard InChI is InChI=1S/C24H27N5O2S/c1-17(23(30)25-19-9-11-20(12-10-19)28-13-15-31-16-14-28)32-24-26-22(18-7-8-18)29(27-24)21-5-3-2-4-6-21/h2-6,9-12,17-18H,7-8,13-16H2,1H3,(H,25,30)/t17-/m1/s1. The SMILES string of the molecule is C[C@@H](Sc1nc(C2CC2)n(-c2ccccc2)n1)C(=O)Nc1ccc(N2CCOCC2)cc1. The summed E-state index contributed by atoms with van der Waals surface area (Å²) in [4.78, 5) is 19.8. The van der Waals surface area contributed by atoms with Crippen LogP contribution in [0.1, 0.15) is 31.5 Å². The minimum Gasteiger partial charge on any atom is -0.378 e. The topological polar surface area (TPSA) is 72.3 Å². The molecule has 166 valence electrons. The number of amides is 1. The summed E-state index contributed by atoms with van der Waals surface area (Å²) in [6.07, 6.45) is 2.29. The number of anilines is 2. The van der Waals surface area contributed by atoms with E-state index in [1.807, 2.05) is 66.2 Å². The second-order valence-corrected chi connectivity index (χ2v) is 9.48. The number of ether oxygens (including phenoxy) is 1. The lowest BCUT2D eigenvalue weighted by Gasteiger charge is -2.28. The molecule has 0 bridgehead atoms. The zero-order valence-electron chi connectivity index (χ0n) is 18.1. The Hall–Kier alpha value is -2.84. The highest BCUT2D eigenvalue weighted by Crippen LogP contribution is 2.40. The smallest absolute Gasteiger partial charge is 0.237 e. The molecule has 1 aliphatic carbocycles. The molecule has 1 N–H and O–H groups in total. The van der Waals surface area contributed by atoms with Crippen molar-refractivity contribution in [3.63, 3.8) is 0 Å². The van der Waals surface area contributed by atoms with E-state index in [1.165, 1.54) is 11.8 Å². The number of benzene rings is 2. The summed E-state index contributed by atoms with van der Waals surface area (Å²) in [6.45, 7) is 5.19. The molecule has 2 aromatic carbocycles. The number of hydrogen-bond donors (Lipinski definition) is 1. The number of thioether (sulfide) groups is 1. The third-order valence-corrected chi connectivity index (χ3v) is 6.67. The average molecular weight is 450 g/mol. The van der Waals surface area contributed by atoms with Gasteiger partial charge in [0.15, 0.2) is 0 Å². The van der Waals surface area contributed by atoms with Gasteiger partial charge in [0, 0.05) is 30.4 Å². The first kappa shape index (κ1) is 21.0. The number of nitrogens with one attached hydrogen (secondary N) is 1. The lowest BCUT2D eigenvalue weighted by molar-refractivity contribution is -0.115. The zero-order chi connectivity index (χ0) is 21.9. The second-order valence-electron chi connectivity index (χ2n) is 8.17. The molecule has 2 heterocycles. The van der Waals surface area contributed by atoms with Gasteiger partial charge >= 0.3 is 0 Å². The van der Waals surface area contributed by atoms with Crippen molar-refractivity contribution in [3.05, 3.63) is 60.4 Å². The van der Waals surface area contributed by atoms with E-state index in [4.69, 9.17) is 14.8 Å². The molecule has 1 aromatic heterocycles. The second kappa shape index (κ2) is 9.34. The molecule has 5 rings (SSSR count). The first-order valence-electron chi connectivity index (χ1n) is 11.1. The van der Waals surface area contributed by atoms with E-state index in [1.54, 1.807) is 0 Å². The largest absolute Gasteiger partial charge is 0.378 e. The first-order chi connectivity index (χ1) is 15.7. The van der Waals surface area contributed by atoms with Crippen molar-refractivity contribution in [1.29, 1.82) is 0 Å². The van der Waals surface area contributed by atoms with Crippen molar-refractivity contribution in [3.8, 4) is 5.69 Å². The fourth-order valence-corrected chi connectivity index (χ4v) is 4.51. The van der Waals surface area contributed by atoms with Gasteiger partial charge in [0.2, 0.25) is 11.1 Å². The molecule has 3 aromatic rings. The Bertz CT molecular complexity index is 1060. The van der Waals surface area contributed by atoms with Crippen molar-refractivity contribution in [2.24, 2.45) is 0 Å². The van der Waals surface area contributed by atoms with Crippen LogP contribution in [0, 0.1) is 0 Å². The maximum Gasteiger partial charge on any atom is 0.237 e. The normalized spacial score (nSPS) is 17.2.